The summed E-state index contributed by atoms with van der Waals surface area (Å²) in [6.45, 7) is 13.8. The molecular formula is C14H22O9. The Bertz CT molecular complexity index is 415. The summed E-state index contributed by atoms with van der Waals surface area (Å²) < 4.78 is 4.09. The number of aliphatic hydroxyl groups excluding tert-OH is 2. The highest BCUT2D eigenvalue weighted by molar-refractivity contribution is 5.87. The number of carbonyl (C=O) groups excluding carboxylic acids is 1. The van der Waals surface area contributed by atoms with Crippen molar-refractivity contribution in [2.24, 2.45) is 0 Å². The maximum Gasteiger partial charge on any atom is 0.335 e. The number of carboxylic acids is 2. The van der Waals surface area contributed by atoms with Crippen LogP contribution in [0.4, 0.5) is 0 Å². The third kappa shape index (κ3) is 19.5. The van der Waals surface area contributed by atoms with Crippen LogP contribution in [0.2, 0.25) is 0 Å². The number of ether oxygens (including phenoxy) is 1. The van der Waals surface area contributed by atoms with Gasteiger partial charge in [0.2, 0.25) is 6.29 Å². The van der Waals surface area contributed by atoms with Gasteiger partial charge in [-0.1, -0.05) is 19.7 Å². The second-order valence-corrected chi connectivity index (χ2v) is 4.16. The van der Waals surface area contributed by atoms with Crippen molar-refractivity contribution >= 4 is 17.9 Å². The summed E-state index contributed by atoms with van der Waals surface area (Å²) >= 11 is 0. The van der Waals surface area contributed by atoms with E-state index in [0.717, 1.165) is 0 Å². The minimum absolute atomic E-state index is 0.0738. The molecule has 23 heavy (non-hydrogen) atoms. The molecule has 0 aliphatic heterocycles. The van der Waals surface area contributed by atoms with E-state index in [9.17, 15) is 14.4 Å². The molecular weight excluding hydrogens is 312 g/mol. The molecule has 0 radical (unpaired) electrons. The molecule has 0 saturated carbocycles. The lowest BCUT2D eigenvalue weighted by atomic mass is 10.4. The molecule has 0 aromatic carbocycles. The molecule has 9 heteroatoms. The average molecular weight is 334 g/mol. The summed E-state index contributed by atoms with van der Waals surface area (Å²) in [5.74, 6) is -2.74. The first kappa shape index (κ1) is 25.5. The molecule has 132 valence electrons. The highest BCUT2D eigenvalue weighted by Gasteiger charge is 2.17. The molecule has 0 heterocycles. The van der Waals surface area contributed by atoms with Crippen LogP contribution in [0.3, 0.4) is 0 Å². The van der Waals surface area contributed by atoms with Crippen molar-refractivity contribution in [1.29, 1.82) is 0 Å². The van der Waals surface area contributed by atoms with Crippen molar-refractivity contribution in [1.82, 2.24) is 0 Å². The Balaban J connectivity index is -0.000000284. The molecule has 0 saturated heterocycles. The SMILES string of the molecule is C=C(C)C(=O)O.C=C(C)C(=O)O.C=C(C)C(=O)OC(O)C(O)O. The van der Waals surface area contributed by atoms with E-state index in [4.69, 9.17) is 25.5 Å². The normalized spacial score (nSPS) is 10.0. The summed E-state index contributed by atoms with van der Waals surface area (Å²) in [5, 5.41) is 40.8. The Morgan fingerprint density at radius 3 is 1.17 bits per heavy atom. The first-order valence-electron chi connectivity index (χ1n) is 5.92. The summed E-state index contributed by atoms with van der Waals surface area (Å²) in [7, 11) is 0. The highest BCUT2D eigenvalue weighted by Crippen LogP contribution is 1.98. The van der Waals surface area contributed by atoms with Gasteiger partial charge < -0.3 is 30.3 Å². The maximum absolute atomic E-state index is 10.6. The third-order valence-electron chi connectivity index (χ3n) is 1.56. The van der Waals surface area contributed by atoms with Crippen LogP contribution < -0.4 is 0 Å². The standard InChI is InChI=1S/C6H10O5.2C4H6O2/c1-3(2)5(9)11-6(10)4(7)8;2*1-3(2)4(5)6/h4,6-8,10H,1H2,2H3;2*1H2,2H3,(H,5,6). The van der Waals surface area contributed by atoms with Crippen molar-refractivity contribution in [3.8, 4) is 0 Å². The lowest BCUT2D eigenvalue weighted by Gasteiger charge is -2.12. The van der Waals surface area contributed by atoms with Crippen LogP contribution in [0, 0.1) is 0 Å². The van der Waals surface area contributed by atoms with Gasteiger partial charge in [-0.25, -0.2) is 14.4 Å². The smallest absolute Gasteiger partial charge is 0.335 e. The minimum atomic E-state index is -2.08. The van der Waals surface area contributed by atoms with Crippen molar-refractivity contribution in [3.63, 3.8) is 0 Å². The molecule has 0 aromatic rings. The molecule has 1 atom stereocenters. The van der Waals surface area contributed by atoms with Gasteiger partial charge in [0.1, 0.15) is 0 Å². The van der Waals surface area contributed by atoms with Gasteiger partial charge in [0.05, 0.1) is 0 Å². The number of hydrogen-bond acceptors (Lipinski definition) is 7. The molecule has 5 N–H and O–H groups in total. The molecule has 0 aliphatic rings. The summed E-state index contributed by atoms with van der Waals surface area (Å²) in [6.07, 6.45) is -4.00. The lowest BCUT2D eigenvalue weighted by molar-refractivity contribution is -0.226. The highest BCUT2D eigenvalue weighted by atomic mass is 16.7. The monoisotopic (exact) mass is 334 g/mol. The fourth-order valence-corrected chi connectivity index (χ4v) is 0.271. The molecule has 0 aliphatic carbocycles. The Hall–Kier alpha value is -2.49. The zero-order valence-corrected chi connectivity index (χ0v) is 13.1. The summed E-state index contributed by atoms with van der Waals surface area (Å²) in [6, 6.07) is 0. The minimum Gasteiger partial charge on any atom is -0.478 e. The number of aliphatic hydroxyl groups is 3. The van der Waals surface area contributed by atoms with Crippen LogP contribution in [-0.2, 0) is 19.1 Å². The molecule has 0 aromatic heterocycles. The lowest BCUT2D eigenvalue weighted by Crippen LogP contribution is -2.30. The number of aliphatic carboxylic acids is 2. The Kier molecular flexibility index (Phi) is 14.6. The predicted molar refractivity (Wildman–Crippen MR) is 80.0 cm³/mol. The van der Waals surface area contributed by atoms with Gasteiger partial charge in [-0.2, -0.15) is 0 Å². The molecule has 0 fully saturated rings. The number of rotatable bonds is 5. The fourth-order valence-electron chi connectivity index (χ4n) is 0.271. The zero-order chi connectivity index (χ0) is 19.3. The summed E-state index contributed by atoms with van der Waals surface area (Å²) in [4.78, 5) is 29.8. The van der Waals surface area contributed by atoms with E-state index in [1.807, 2.05) is 0 Å². The van der Waals surface area contributed by atoms with Crippen LogP contribution in [-0.4, -0.2) is 56.0 Å². The molecule has 0 amide bonds. The van der Waals surface area contributed by atoms with E-state index in [1.165, 1.54) is 20.8 Å². The zero-order valence-electron chi connectivity index (χ0n) is 13.1. The van der Waals surface area contributed by atoms with Crippen LogP contribution in [0.15, 0.2) is 36.5 Å². The number of esters is 1. The van der Waals surface area contributed by atoms with E-state index in [1.54, 1.807) is 0 Å². The van der Waals surface area contributed by atoms with Crippen LogP contribution >= 0.6 is 0 Å². The van der Waals surface area contributed by atoms with Crippen molar-refractivity contribution in [3.05, 3.63) is 36.5 Å². The van der Waals surface area contributed by atoms with Crippen LogP contribution in [0.5, 0.6) is 0 Å². The molecule has 0 spiro atoms. The Morgan fingerprint density at radius 1 is 0.783 bits per heavy atom. The summed E-state index contributed by atoms with van der Waals surface area (Å²) in [5.41, 5.74) is 0.426. The maximum atomic E-state index is 10.6. The Morgan fingerprint density at radius 2 is 1.04 bits per heavy atom. The second-order valence-electron chi connectivity index (χ2n) is 4.16. The van der Waals surface area contributed by atoms with Gasteiger partial charge in [0, 0.05) is 16.7 Å². The topological polar surface area (TPSA) is 162 Å². The number of carbonyl (C=O) groups is 3. The second kappa shape index (κ2) is 13.2. The average Bonchev–Trinajstić information content (AvgIpc) is 2.39. The van der Waals surface area contributed by atoms with Gasteiger partial charge in [0.25, 0.3) is 6.29 Å². The predicted octanol–water partition coefficient (Wildman–Crippen LogP) is 0.0290. The van der Waals surface area contributed by atoms with Crippen LogP contribution in [0.1, 0.15) is 20.8 Å². The van der Waals surface area contributed by atoms with Gasteiger partial charge in [0.15, 0.2) is 0 Å². The Labute approximate surface area is 133 Å². The number of carboxylic acid groups (broad SMARTS) is 2. The van der Waals surface area contributed by atoms with E-state index < -0.39 is 30.5 Å². The van der Waals surface area contributed by atoms with Gasteiger partial charge in [-0.15, -0.1) is 0 Å². The molecule has 0 rings (SSSR count). The fraction of sp³-hybridized carbons (Fsp3) is 0.357. The first-order chi connectivity index (χ1) is 10.2. The molecule has 9 nitrogen and oxygen atoms in total. The third-order valence-corrected chi connectivity index (χ3v) is 1.56. The largest absolute Gasteiger partial charge is 0.478 e. The van der Waals surface area contributed by atoms with Gasteiger partial charge in [-0.3, -0.25) is 0 Å². The van der Waals surface area contributed by atoms with Crippen LogP contribution in [0.25, 0.3) is 0 Å². The van der Waals surface area contributed by atoms with Gasteiger partial charge >= 0.3 is 17.9 Å². The van der Waals surface area contributed by atoms with Gasteiger partial charge in [-0.05, 0) is 20.8 Å². The quantitative estimate of drug-likeness (QED) is 0.265. The number of hydrogen-bond donors (Lipinski definition) is 5. The van der Waals surface area contributed by atoms with Crippen molar-refractivity contribution in [2.75, 3.05) is 0 Å². The van der Waals surface area contributed by atoms with E-state index >= 15 is 0 Å². The van der Waals surface area contributed by atoms with E-state index in [0.29, 0.717) is 0 Å². The molecule has 0 bridgehead atoms. The first-order valence-corrected chi connectivity index (χ1v) is 5.92. The molecule has 1 unspecified atom stereocenters. The van der Waals surface area contributed by atoms with E-state index in [-0.39, 0.29) is 16.7 Å². The van der Waals surface area contributed by atoms with Crippen molar-refractivity contribution < 1.29 is 44.7 Å². The van der Waals surface area contributed by atoms with Crippen molar-refractivity contribution in [2.45, 2.75) is 33.4 Å². The van der Waals surface area contributed by atoms with E-state index in [2.05, 4.69) is 24.5 Å².